The van der Waals surface area contributed by atoms with Crippen molar-refractivity contribution in [3.05, 3.63) is 23.8 Å². The first-order chi connectivity index (χ1) is 8.46. The number of hydrogen-bond donors (Lipinski definition) is 2. The van der Waals surface area contributed by atoms with E-state index in [-0.39, 0.29) is 5.91 Å². The molecule has 0 heterocycles. The third-order valence-corrected chi connectivity index (χ3v) is 2.80. The highest BCUT2D eigenvalue weighted by molar-refractivity contribution is 5.99. The van der Waals surface area contributed by atoms with E-state index in [9.17, 15) is 4.79 Å². The van der Waals surface area contributed by atoms with Gasteiger partial charge in [-0.3, -0.25) is 4.79 Å². The molecule has 0 fully saturated rings. The molecule has 0 aliphatic carbocycles. The highest BCUT2D eigenvalue weighted by atomic mass is 16.5. The lowest BCUT2D eigenvalue weighted by Gasteiger charge is -2.23. The van der Waals surface area contributed by atoms with Crippen LogP contribution in [0, 0.1) is 11.3 Å². The number of amides is 1. The fraction of sp³-hybridized carbons (Fsp3) is 0.385. The predicted octanol–water partition coefficient (Wildman–Crippen LogP) is 1.50. The van der Waals surface area contributed by atoms with Gasteiger partial charge in [0.2, 0.25) is 5.91 Å². The molecule has 0 atom stereocenters. The summed E-state index contributed by atoms with van der Waals surface area (Å²) in [6.07, 6.45) is 0. The highest BCUT2D eigenvalue weighted by Gasteiger charge is 2.26. The lowest BCUT2D eigenvalue weighted by atomic mass is 10.0. The maximum Gasteiger partial charge on any atom is 0.244 e. The predicted molar refractivity (Wildman–Crippen MR) is 69.5 cm³/mol. The second kappa shape index (κ2) is 5.52. The quantitative estimate of drug-likeness (QED) is 0.845. The van der Waals surface area contributed by atoms with Gasteiger partial charge in [0.25, 0.3) is 0 Å². The molecule has 0 aliphatic heterocycles. The molecular weight excluding hydrogens is 230 g/mol. The number of hydrogen-bond acceptors (Lipinski definition) is 4. The Balaban J connectivity index is 3.11. The molecule has 0 radical (unpaired) electrons. The lowest BCUT2D eigenvalue weighted by molar-refractivity contribution is -0.121. The number of nitrogens with one attached hydrogen (secondary N) is 2. The molecule has 0 saturated heterocycles. The summed E-state index contributed by atoms with van der Waals surface area (Å²) in [6.45, 7) is 3.51. The number of anilines is 1. The van der Waals surface area contributed by atoms with E-state index in [1.807, 2.05) is 6.07 Å². The number of likely N-dealkylation sites (N-methyl/N-ethyl adjacent to an activating group) is 1. The van der Waals surface area contributed by atoms with Crippen molar-refractivity contribution in [1.29, 1.82) is 5.26 Å². The smallest absolute Gasteiger partial charge is 0.244 e. The second-order valence-electron chi connectivity index (χ2n) is 4.32. The standard InChI is InChI=1S/C13H17N3O2/c1-13(2,15-3)12(17)16-11-9(8-14)6-5-7-10(11)18-4/h5-7,15H,1-4H3,(H,16,17). The van der Waals surface area contributed by atoms with Gasteiger partial charge in [-0.2, -0.15) is 5.26 Å². The van der Waals surface area contributed by atoms with Crippen LogP contribution in [-0.4, -0.2) is 25.6 Å². The Kier molecular flexibility index (Phi) is 4.29. The number of nitrogens with zero attached hydrogens (tertiary/aromatic N) is 1. The molecule has 1 rings (SSSR count). The van der Waals surface area contributed by atoms with Gasteiger partial charge >= 0.3 is 0 Å². The van der Waals surface area contributed by atoms with Crippen LogP contribution in [0.2, 0.25) is 0 Å². The number of para-hydroxylation sites is 1. The molecular formula is C13H17N3O2. The van der Waals surface area contributed by atoms with Gasteiger partial charge in [-0.25, -0.2) is 0 Å². The highest BCUT2D eigenvalue weighted by Crippen LogP contribution is 2.28. The molecule has 0 saturated carbocycles. The monoisotopic (exact) mass is 247 g/mol. The Morgan fingerprint density at radius 1 is 1.44 bits per heavy atom. The summed E-state index contributed by atoms with van der Waals surface area (Å²) in [7, 11) is 3.20. The van der Waals surface area contributed by atoms with E-state index in [0.717, 1.165) is 0 Å². The average molecular weight is 247 g/mol. The van der Waals surface area contributed by atoms with Gasteiger partial charge in [-0.15, -0.1) is 0 Å². The topological polar surface area (TPSA) is 74.2 Å². The van der Waals surface area contributed by atoms with Crippen molar-refractivity contribution in [2.24, 2.45) is 0 Å². The van der Waals surface area contributed by atoms with E-state index in [4.69, 9.17) is 10.00 Å². The second-order valence-corrected chi connectivity index (χ2v) is 4.32. The van der Waals surface area contributed by atoms with Crippen molar-refractivity contribution in [2.75, 3.05) is 19.5 Å². The molecule has 5 heteroatoms. The summed E-state index contributed by atoms with van der Waals surface area (Å²) in [5, 5.41) is 14.7. The van der Waals surface area contributed by atoms with E-state index in [1.165, 1.54) is 7.11 Å². The van der Waals surface area contributed by atoms with Crippen LogP contribution in [0.4, 0.5) is 5.69 Å². The summed E-state index contributed by atoms with van der Waals surface area (Å²) >= 11 is 0. The maximum atomic E-state index is 12.1. The Morgan fingerprint density at radius 2 is 2.11 bits per heavy atom. The zero-order valence-electron chi connectivity index (χ0n) is 11.0. The fourth-order valence-electron chi connectivity index (χ4n) is 1.31. The van der Waals surface area contributed by atoms with E-state index >= 15 is 0 Å². The van der Waals surface area contributed by atoms with E-state index in [1.54, 1.807) is 39.1 Å². The van der Waals surface area contributed by atoms with Gasteiger partial charge in [0.1, 0.15) is 17.5 Å². The normalized spacial score (nSPS) is 10.6. The van der Waals surface area contributed by atoms with Crippen molar-refractivity contribution < 1.29 is 9.53 Å². The summed E-state index contributed by atoms with van der Waals surface area (Å²) in [6, 6.07) is 7.06. The van der Waals surface area contributed by atoms with Crippen molar-refractivity contribution in [3.8, 4) is 11.8 Å². The molecule has 5 nitrogen and oxygen atoms in total. The van der Waals surface area contributed by atoms with Crippen LogP contribution >= 0.6 is 0 Å². The van der Waals surface area contributed by atoms with Gasteiger partial charge in [0.05, 0.1) is 18.2 Å². The number of carbonyl (C=O) groups is 1. The summed E-state index contributed by atoms with van der Waals surface area (Å²) in [5.74, 6) is 0.236. The van der Waals surface area contributed by atoms with Crippen LogP contribution < -0.4 is 15.4 Å². The van der Waals surface area contributed by atoms with Gasteiger partial charge in [0, 0.05) is 0 Å². The molecule has 18 heavy (non-hydrogen) atoms. The Hall–Kier alpha value is -2.06. The molecule has 2 N–H and O–H groups in total. The summed E-state index contributed by atoms with van der Waals surface area (Å²) < 4.78 is 5.15. The first-order valence-corrected chi connectivity index (χ1v) is 5.53. The first-order valence-electron chi connectivity index (χ1n) is 5.53. The van der Waals surface area contributed by atoms with Gasteiger partial charge in [0.15, 0.2) is 0 Å². The number of ether oxygens (including phenoxy) is 1. The van der Waals surface area contributed by atoms with Gasteiger partial charge in [-0.1, -0.05) is 6.07 Å². The van der Waals surface area contributed by atoms with Crippen LogP contribution in [0.15, 0.2) is 18.2 Å². The third kappa shape index (κ3) is 2.79. The molecule has 0 aliphatic rings. The molecule has 0 spiro atoms. The molecule has 0 bridgehead atoms. The van der Waals surface area contributed by atoms with E-state index in [2.05, 4.69) is 10.6 Å². The number of benzene rings is 1. The largest absolute Gasteiger partial charge is 0.495 e. The van der Waals surface area contributed by atoms with E-state index in [0.29, 0.717) is 17.0 Å². The molecule has 0 unspecified atom stereocenters. The minimum absolute atomic E-state index is 0.231. The molecule has 0 aromatic heterocycles. The van der Waals surface area contributed by atoms with Crippen molar-refractivity contribution in [2.45, 2.75) is 19.4 Å². The van der Waals surface area contributed by atoms with Crippen LogP contribution in [-0.2, 0) is 4.79 Å². The third-order valence-electron chi connectivity index (χ3n) is 2.80. The minimum atomic E-state index is -0.729. The number of methoxy groups -OCH3 is 1. The van der Waals surface area contributed by atoms with Crippen molar-refractivity contribution in [3.63, 3.8) is 0 Å². The summed E-state index contributed by atoms with van der Waals surface area (Å²) in [4.78, 5) is 12.1. The Labute approximate surface area is 107 Å². The summed E-state index contributed by atoms with van der Waals surface area (Å²) in [5.41, 5.74) is 0.0403. The Morgan fingerprint density at radius 3 is 2.61 bits per heavy atom. The number of carbonyl (C=O) groups excluding carboxylic acids is 1. The minimum Gasteiger partial charge on any atom is -0.495 e. The van der Waals surface area contributed by atoms with Gasteiger partial charge in [-0.05, 0) is 33.0 Å². The molecule has 1 aromatic rings. The van der Waals surface area contributed by atoms with Crippen LogP contribution in [0.1, 0.15) is 19.4 Å². The van der Waals surface area contributed by atoms with Crippen LogP contribution in [0.3, 0.4) is 0 Å². The Bertz CT molecular complexity index is 489. The molecule has 1 amide bonds. The van der Waals surface area contributed by atoms with E-state index < -0.39 is 5.54 Å². The van der Waals surface area contributed by atoms with Gasteiger partial charge < -0.3 is 15.4 Å². The number of rotatable bonds is 4. The van der Waals surface area contributed by atoms with Crippen LogP contribution in [0.25, 0.3) is 0 Å². The fourth-order valence-corrected chi connectivity index (χ4v) is 1.31. The first kappa shape index (κ1) is 14.0. The molecule has 96 valence electrons. The van der Waals surface area contributed by atoms with Crippen molar-refractivity contribution >= 4 is 11.6 Å². The zero-order chi connectivity index (χ0) is 13.8. The van der Waals surface area contributed by atoms with Crippen molar-refractivity contribution in [1.82, 2.24) is 5.32 Å². The van der Waals surface area contributed by atoms with Crippen LogP contribution in [0.5, 0.6) is 5.75 Å². The average Bonchev–Trinajstić information content (AvgIpc) is 2.38. The number of nitriles is 1. The SMILES string of the molecule is CNC(C)(C)C(=O)Nc1c(C#N)cccc1OC. The maximum absolute atomic E-state index is 12.1. The zero-order valence-corrected chi connectivity index (χ0v) is 11.0. The lowest BCUT2D eigenvalue weighted by Crippen LogP contribution is -2.48. The molecule has 1 aromatic carbocycles.